The fourth-order valence-corrected chi connectivity index (χ4v) is 1.16. The summed E-state index contributed by atoms with van der Waals surface area (Å²) < 4.78 is 0. The van der Waals surface area contributed by atoms with Gasteiger partial charge in [-0.1, -0.05) is 30.3 Å². The summed E-state index contributed by atoms with van der Waals surface area (Å²) in [7, 11) is 0. The number of benzene rings is 1. The number of carbonyl (C=O) groups excluding carboxylic acids is 1. The molecule has 0 saturated heterocycles. The van der Waals surface area contributed by atoms with E-state index in [1.807, 2.05) is 0 Å². The van der Waals surface area contributed by atoms with E-state index >= 15 is 0 Å². The number of rotatable bonds is 3. The Morgan fingerprint density at radius 1 is 1.06 bits per heavy atom. The molecule has 6 heteroatoms. The van der Waals surface area contributed by atoms with Crippen LogP contribution in [0.4, 0.5) is 4.79 Å². The monoisotopic (exact) mass is 235 g/mol. The fraction of sp³-hybridized carbons (Fsp3) is 0. The molecule has 2 amide bonds. The Bertz CT molecular complexity index is 478. The average molecular weight is 235 g/mol. The fourth-order valence-electron chi connectivity index (χ4n) is 1.16. The average Bonchev–Trinajstić information content (AvgIpc) is 2.25. The van der Waals surface area contributed by atoms with Crippen molar-refractivity contribution in [1.29, 1.82) is 0 Å². The van der Waals surface area contributed by atoms with Gasteiger partial charge >= 0.3 is 12.1 Å². The van der Waals surface area contributed by atoms with Gasteiger partial charge in [-0.15, -0.1) is 0 Å². The Morgan fingerprint density at radius 3 is 2.12 bits per heavy atom. The van der Waals surface area contributed by atoms with E-state index in [0.29, 0.717) is 5.56 Å². The van der Waals surface area contributed by atoms with Crippen LogP contribution >= 0.6 is 0 Å². The first-order valence-electron chi connectivity index (χ1n) is 4.55. The second-order valence-electron chi connectivity index (χ2n) is 3.02. The van der Waals surface area contributed by atoms with Crippen LogP contribution in [0.25, 0.3) is 5.57 Å². The minimum absolute atomic E-state index is 0.274. The number of carboxylic acids is 1. The van der Waals surface area contributed by atoms with Gasteiger partial charge in [0, 0.05) is 6.08 Å². The van der Waals surface area contributed by atoms with Crippen LogP contribution in [-0.2, 0) is 9.59 Å². The third kappa shape index (κ3) is 3.78. The van der Waals surface area contributed by atoms with Crippen LogP contribution in [0.15, 0.2) is 36.4 Å². The van der Waals surface area contributed by atoms with E-state index < -0.39 is 18.0 Å². The maximum atomic E-state index is 11.1. The van der Waals surface area contributed by atoms with Crippen LogP contribution in [-0.4, -0.2) is 28.2 Å². The van der Waals surface area contributed by atoms with Gasteiger partial charge in [0.15, 0.2) is 0 Å². The number of carboxylic acid groups (broad SMARTS) is 2. The van der Waals surface area contributed by atoms with E-state index in [1.165, 1.54) is 17.4 Å². The Morgan fingerprint density at radius 2 is 1.65 bits per heavy atom. The summed E-state index contributed by atoms with van der Waals surface area (Å²) in [6.45, 7) is 0. The molecule has 17 heavy (non-hydrogen) atoms. The number of carbonyl (C=O) groups is 3. The molecule has 0 aliphatic carbocycles. The summed E-state index contributed by atoms with van der Waals surface area (Å²) in [5.74, 6) is -2.31. The summed E-state index contributed by atoms with van der Waals surface area (Å²) >= 11 is 0. The number of imide groups is 1. The van der Waals surface area contributed by atoms with Crippen molar-refractivity contribution >= 4 is 23.5 Å². The normalized spacial score (nSPS) is 10.7. The Kier molecular flexibility index (Phi) is 3.99. The lowest BCUT2D eigenvalue weighted by Crippen LogP contribution is -2.27. The smallest absolute Gasteiger partial charge is 0.411 e. The van der Waals surface area contributed by atoms with Gasteiger partial charge in [0.25, 0.3) is 5.91 Å². The highest BCUT2D eigenvalue weighted by molar-refractivity contribution is 6.21. The molecule has 88 valence electrons. The van der Waals surface area contributed by atoms with E-state index in [9.17, 15) is 14.4 Å². The van der Waals surface area contributed by atoms with Crippen LogP contribution in [0.1, 0.15) is 5.56 Å². The highest BCUT2D eigenvalue weighted by Gasteiger charge is 2.13. The quantitative estimate of drug-likeness (QED) is 0.676. The molecule has 0 radical (unpaired) electrons. The predicted molar refractivity (Wildman–Crippen MR) is 58.2 cm³/mol. The van der Waals surface area contributed by atoms with Gasteiger partial charge < -0.3 is 10.2 Å². The van der Waals surface area contributed by atoms with Crippen LogP contribution in [0.3, 0.4) is 0 Å². The summed E-state index contributed by atoms with van der Waals surface area (Å²) in [5.41, 5.74) is 0.0462. The van der Waals surface area contributed by atoms with E-state index in [0.717, 1.165) is 6.08 Å². The number of amides is 2. The second kappa shape index (κ2) is 5.45. The minimum atomic E-state index is -1.54. The first-order valence-corrected chi connectivity index (χ1v) is 4.55. The predicted octanol–water partition coefficient (Wildman–Crippen LogP) is 0.949. The van der Waals surface area contributed by atoms with Gasteiger partial charge in [-0.3, -0.25) is 10.1 Å². The molecule has 0 atom stereocenters. The molecule has 1 rings (SSSR count). The second-order valence-corrected chi connectivity index (χ2v) is 3.02. The molecule has 0 heterocycles. The number of nitrogens with one attached hydrogen (secondary N) is 1. The van der Waals surface area contributed by atoms with Gasteiger partial charge in [0.05, 0.1) is 5.57 Å². The summed E-state index contributed by atoms with van der Waals surface area (Å²) in [6.07, 6.45) is -0.810. The lowest BCUT2D eigenvalue weighted by molar-refractivity contribution is -0.130. The molecular formula is C11H9NO5. The van der Waals surface area contributed by atoms with Crippen molar-refractivity contribution in [1.82, 2.24) is 5.32 Å². The Balaban J connectivity index is 3.03. The molecule has 3 N–H and O–H groups in total. The van der Waals surface area contributed by atoms with Crippen LogP contribution in [0, 0.1) is 0 Å². The number of hydrogen-bond acceptors (Lipinski definition) is 3. The van der Waals surface area contributed by atoms with E-state index in [-0.39, 0.29) is 5.57 Å². The molecule has 0 bridgehead atoms. The Hall–Kier alpha value is -2.63. The van der Waals surface area contributed by atoms with Crippen LogP contribution in [0.2, 0.25) is 0 Å². The molecule has 0 unspecified atom stereocenters. The summed E-state index contributed by atoms with van der Waals surface area (Å²) in [4.78, 5) is 32.2. The molecule has 6 nitrogen and oxygen atoms in total. The van der Waals surface area contributed by atoms with Crippen molar-refractivity contribution in [3.8, 4) is 0 Å². The van der Waals surface area contributed by atoms with Crippen molar-refractivity contribution < 1.29 is 24.6 Å². The van der Waals surface area contributed by atoms with Crippen molar-refractivity contribution in [3.05, 3.63) is 42.0 Å². The zero-order chi connectivity index (χ0) is 12.8. The highest BCUT2D eigenvalue weighted by Crippen LogP contribution is 2.13. The van der Waals surface area contributed by atoms with Crippen molar-refractivity contribution in [2.45, 2.75) is 0 Å². The van der Waals surface area contributed by atoms with Crippen molar-refractivity contribution in [2.75, 3.05) is 0 Å². The number of aliphatic carboxylic acids is 1. The molecule has 1 aromatic carbocycles. The topological polar surface area (TPSA) is 104 Å². The van der Waals surface area contributed by atoms with Crippen LogP contribution < -0.4 is 5.32 Å². The molecule has 1 aromatic rings. The van der Waals surface area contributed by atoms with Crippen molar-refractivity contribution in [2.24, 2.45) is 0 Å². The maximum Gasteiger partial charge on any atom is 0.411 e. The number of hydrogen-bond donors (Lipinski definition) is 3. The third-order valence-corrected chi connectivity index (χ3v) is 1.82. The van der Waals surface area contributed by atoms with Gasteiger partial charge in [0.1, 0.15) is 0 Å². The lowest BCUT2D eigenvalue weighted by atomic mass is 10.1. The lowest BCUT2D eigenvalue weighted by Gasteiger charge is -2.01. The SMILES string of the molecule is O=C(O)NC(=O)C=C(C(=O)O)c1ccccc1. The molecule has 0 saturated carbocycles. The largest absolute Gasteiger partial charge is 0.478 e. The van der Waals surface area contributed by atoms with Crippen LogP contribution in [0.5, 0.6) is 0 Å². The zero-order valence-corrected chi connectivity index (χ0v) is 8.58. The molecule has 0 spiro atoms. The summed E-state index contributed by atoms with van der Waals surface area (Å²) in [5, 5.41) is 18.7. The zero-order valence-electron chi connectivity index (χ0n) is 8.58. The Labute approximate surface area is 96.2 Å². The standard InChI is InChI=1S/C11H9NO5/c13-9(12-11(16)17)6-8(10(14)15)7-4-2-1-3-5-7/h1-6H,(H,12,13)(H,14,15)(H,16,17). The first kappa shape index (κ1) is 12.4. The van der Waals surface area contributed by atoms with Gasteiger partial charge in [-0.25, -0.2) is 9.59 Å². The van der Waals surface area contributed by atoms with Gasteiger partial charge in [0.2, 0.25) is 0 Å². The van der Waals surface area contributed by atoms with E-state index in [4.69, 9.17) is 10.2 Å². The van der Waals surface area contributed by atoms with Crippen molar-refractivity contribution in [3.63, 3.8) is 0 Å². The molecule has 0 aliphatic rings. The van der Waals surface area contributed by atoms with Gasteiger partial charge in [-0.2, -0.15) is 0 Å². The minimum Gasteiger partial charge on any atom is -0.478 e. The third-order valence-electron chi connectivity index (χ3n) is 1.82. The van der Waals surface area contributed by atoms with Gasteiger partial charge in [-0.05, 0) is 5.56 Å². The molecule has 0 aromatic heterocycles. The molecule has 0 aliphatic heterocycles. The molecule has 0 fully saturated rings. The summed E-state index contributed by atoms with van der Waals surface area (Å²) in [6, 6.07) is 7.94. The molecular weight excluding hydrogens is 226 g/mol. The van der Waals surface area contributed by atoms with E-state index in [2.05, 4.69) is 0 Å². The van der Waals surface area contributed by atoms with E-state index in [1.54, 1.807) is 18.2 Å². The highest BCUT2D eigenvalue weighted by atomic mass is 16.4. The maximum absolute atomic E-state index is 11.1. The first-order chi connectivity index (χ1) is 8.00.